The third kappa shape index (κ3) is 3.14. The van der Waals surface area contributed by atoms with E-state index in [1.807, 2.05) is 31.2 Å². The molecule has 0 saturated carbocycles. The van der Waals surface area contributed by atoms with E-state index in [-0.39, 0.29) is 11.8 Å². The number of aryl methyl sites for hydroxylation is 1. The molecule has 1 atom stereocenters. The molecule has 0 spiro atoms. The molecular formula is C21H18FN3O2. The molecule has 1 N–H and O–H groups in total. The molecule has 1 aliphatic rings. The lowest BCUT2D eigenvalue weighted by molar-refractivity contribution is -0.128. The molecule has 27 heavy (non-hydrogen) atoms. The summed E-state index contributed by atoms with van der Waals surface area (Å²) < 4.78 is 13.7. The van der Waals surface area contributed by atoms with Crippen molar-refractivity contribution < 1.29 is 14.0 Å². The number of rotatable bonds is 2. The smallest absolute Gasteiger partial charge is 0.255 e. The van der Waals surface area contributed by atoms with Crippen molar-refractivity contribution in [2.75, 3.05) is 13.1 Å². The Bertz CT molecular complexity index is 1050. The average Bonchev–Trinajstić information content (AvgIpc) is 2.66. The van der Waals surface area contributed by atoms with Crippen LogP contribution < -0.4 is 5.32 Å². The Labute approximate surface area is 155 Å². The first-order valence-corrected chi connectivity index (χ1v) is 8.75. The van der Waals surface area contributed by atoms with Gasteiger partial charge in [-0.15, -0.1) is 0 Å². The first-order valence-electron chi connectivity index (χ1n) is 8.75. The Balaban J connectivity index is 1.81. The highest BCUT2D eigenvalue weighted by Crippen LogP contribution is 2.28. The van der Waals surface area contributed by atoms with E-state index in [0.29, 0.717) is 24.2 Å². The molecule has 4 rings (SSSR count). The van der Waals surface area contributed by atoms with Gasteiger partial charge in [0.25, 0.3) is 5.91 Å². The minimum atomic E-state index is -0.866. The number of nitrogens with one attached hydrogen (secondary N) is 1. The molecule has 0 unspecified atom stereocenters. The number of piperazine rings is 1. The zero-order valence-electron chi connectivity index (χ0n) is 14.8. The Morgan fingerprint density at radius 3 is 2.81 bits per heavy atom. The van der Waals surface area contributed by atoms with Crippen LogP contribution in [0.15, 0.2) is 54.6 Å². The number of pyridine rings is 1. The molecular weight excluding hydrogens is 345 g/mol. The molecule has 3 aromatic rings. The topological polar surface area (TPSA) is 62.3 Å². The largest absolute Gasteiger partial charge is 0.352 e. The summed E-state index contributed by atoms with van der Waals surface area (Å²) in [5.74, 6) is -1.01. The van der Waals surface area contributed by atoms with Gasteiger partial charge < -0.3 is 10.2 Å². The fourth-order valence-electron chi connectivity index (χ4n) is 3.53. The van der Waals surface area contributed by atoms with E-state index >= 15 is 0 Å². The van der Waals surface area contributed by atoms with Gasteiger partial charge in [0.15, 0.2) is 0 Å². The van der Waals surface area contributed by atoms with Crippen molar-refractivity contribution >= 4 is 22.7 Å². The summed E-state index contributed by atoms with van der Waals surface area (Å²) in [5, 5.41) is 3.50. The molecule has 0 bridgehead atoms. The zero-order valence-corrected chi connectivity index (χ0v) is 14.8. The average molecular weight is 363 g/mol. The van der Waals surface area contributed by atoms with E-state index in [1.54, 1.807) is 18.2 Å². The Morgan fingerprint density at radius 1 is 1.19 bits per heavy atom. The Hall–Kier alpha value is -3.28. The van der Waals surface area contributed by atoms with E-state index < -0.39 is 11.9 Å². The molecule has 1 aliphatic heterocycles. The van der Waals surface area contributed by atoms with Crippen LogP contribution in [0.2, 0.25) is 0 Å². The molecule has 136 valence electrons. The van der Waals surface area contributed by atoms with Crippen LogP contribution in [-0.2, 0) is 4.79 Å². The fourth-order valence-corrected chi connectivity index (χ4v) is 3.53. The van der Waals surface area contributed by atoms with Crippen molar-refractivity contribution in [1.82, 2.24) is 15.2 Å². The van der Waals surface area contributed by atoms with Crippen LogP contribution in [0.5, 0.6) is 0 Å². The SMILES string of the molecule is Cc1cc(C(=O)N2CCNC(=O)[C@H]2c2cccc(F)c2)c2ccccc2n1. The van der Waals surface area contributed by atoms with Crippen LogP contribution in [0.1, 0.15) is 27.7 Å². The normalized spacial score (nSPS) is 17.0. The number of aromatic nitrogens is 1. The van der Waals surface area contributed by atoms with E-state index in [4.69, 9.17) is 0 Å². The van der Waals surface area contributed by atoms with Crippen molar-refractivity contribution in [1.29, 1.82) is 0 Å². The van der Waals surface area contributed by atoms with Crippen molar-refractivity contribution in [3.8, 4) is 0 Å². The van der Waals surface area contributed by atoms with Gasteiger partial charge in [-0.3, -0.25) is 14.6 Å². The highest BCUT2D eigenvalue weighted by Gasteiger charge is 2.35. The third-order valence-electron chi connectivity index (χ3n) is 4.71. The highest BCUT2D eigenvalue weighted by atomic mass is 19.1. The van der Waals surface area contributed by atoms with E-state index in [1.165, 1.54) is 17.0 Å². The van der Waals surface area contributed by atoms with E-state index in [0.717, 1.165) is 16.6 Å². The summed E-state index contributed by atoms with van der Waals surface area (Å²) in [4.78, 5) is 31.9. The summed E-state index contributed by atoms with van der Waals surface area (Å²) >= 11 is 0. The van der Waals surface area contributed by atoms with Gasteiger partial charge in [-0.05, 0) is 36.8 Å². The van der Waals surface area contributed by atoms with Gasteiger partial charge in [-0.1, -0.05) is 30.3 Å². The second kappa shape index (κ2) is 6.79. The first kappa shape index (κ1) is 17.1. The number of hydrogen-bond donors (Lipinski definition) is 1. The quantitative estimate of drug-likeness (QED) is 0.761. The van der Waals surface area contributed by atoms with Crippen LogP contribution in [0.4, 0.5) is 4.39 Å². The van der Waals surface area contributed by atoms with Gasteiger partial charge in [0.1, 0.15) is 11.9 Å². The van der Waals surface area contributed by atoms with Gasteiger partial charge in [0, 0.05) is 24.2 Å². The maximum Gasteiger partial charge on any atom is 0.255 e. The maximum absolute atomic E-state index is 13.7. The van der Waals surface area contributed by atoms with Crippen molar-refractivity contribution in [2.45, 2.75) is 13.0 Å². The standard InChI is InChI=1S/C21H18FN3O2/c1-13-11-17(16-7-2-3-8-18(16)24-13)21(27)25-10-9-23-20(26)19(25)14-5-4-6-15(22)12-14/h2-8,11-12,19H,9-10H2,1H3,(H,23,26)/t19-/m1/s1. The molecule has 1 saturated heterocycles. The number of hydrogen-bond acceptors (Lipinski definition) is 3. The monoisotopic (exact) mass is 363 g/mol. The Morgan fingerprint density at radius 2 is 2.00 bits per heavy atom. The van der Waals surface area contributed by atoms with Crippen LogP contribution >= 0.6 is 0 Å². The number of fused-ring (bicyclic) bond motifs is 1. The number of halogens is 1. The van der Waals surface area contributed by atoms with Gasteiger partial charge in [0.05, 0.1) is 11.1 Å². The molecule has 1 fully saturated rings. The molecule has 6 heteroatoms. The number of carbonyl (C=O) groups excluding carboxylic acids is 2. The predicted molar refractivity (Wildman–Crippen MR) is 99.7 cm³/mol. The van der Waals surface area contributed by atoms with E-state index in [9.17, 15) is 14.0 Å². The fraction of sp³-hybridized carbons (Fsp3) is 0.190. The number of nitrogens with zero attached hydrogens (tertiary/aromatic N) is 2. The third-order valence-corrected chi connectivity index (χ3v) is 4.71. The van der Waals surface area contributed by atoms with Crippen molar-refractivity contribution in [3.05, 3.63) is 77.2 Å². The second-order valence-corrected chi connectivity index (χ2v) is 6.58. The Kier molecular flexibility index (Phi) is 4.32. The summed E-state index contributed by atoms with van der Waals surface area (Å²) in [5.41, 5.74) is 2.40. The van der Waals surface area contributed by atoms with Gasteiger partial charge in [-0.25, -0.2) is 4.39 Å². The number of para-hydroxylation sites is 1. The maximum atomic E-state index is 13.7. The van der Waals surface area contributed by atoms with Crippen LogP contribution in [0.25, 0.3) is 10.9 Å². The summed E-state index contributed by atoms with van der Waals surface area (Å²) in [6, 6.07) is 14.1. The molecule has 0 aliphatic carbocycles. The second-order valence-electron chi connectivity index (χ2n) is 6.58. The van der Waals surface area contributed by atoms with Crippen LogP contribution in [0, 0.1) is 12.7 Å². The summed E-state index contributed by atoms with van der Waals surface area (Å²) in [6.45, 7) is 2.54. The van der Waals surface area contributed by atoms with Crippen LogP contribution in [0.3, 0.4) is 0 Å². The molecule has 0 radical (unpaired) electrons. The van der Waals surface area contributed by atoms with Crippen molar-refractivity contribution in [3.63, 3.8) is 0 Å². The lowest BCUT2D eigenvalue weighted by atomic mass is 9.99. The number of amides is 2. The van der Waals surface area contributed by atoms with Gasteiger partial charge in [0.2, 0.25) is 5.91 Å². The number of carbonyl (C=O) groups is 2. The zero-order chi connectivity index (χ0) is 19.0. The predicted octanol–water partition coefficient (Wildman–Crippen LogP) is 3.00. The minimum absolute atomic E-state index is 0.263. The minimum Gasteiger partial charge on any atom is -0.352 e. The molecule has 2 heterocycles. The van der Waals surface area contributed by atoms with Gasteiger partial charge >= 0.3 is 0 Å². The highest BCUT2D eigenvalue weighted by molar-refractivity contribution is 6.07. The first-order chi connectivity index (χ1) is 13.0. The lowest BCUT2D eigenvalue weighted by Crippen LogP contribution is -2.52. The summed E-state index contributed by atoms with van der Waals surface area (Å²) in [6.07, 6.45) is 0. The van der Waals surface area contributed by atoms with Gasteiger partial charge in [-0.2, -0.15) is 0 Å². The number of benzene rings is 2. The van der Waals surface area contributed by atoms with E-state index in [2.05, 4.69) is 10.3 Å². The van der Waals surface area contributed by atoms with Crippen LogP contribution in [-0.4, -0.2) is 34.8 Å². The lowest BCUT2D eigenvalue weighted by Gasteiger charge is -2.35. The molecule has 2 aromatic carbocycles. The van der Waals surface area contributed by atoms with Crippen molar-refractivity contribution in [2.24, 2.45) is 0 Å². The molecule has 1 aromatic heterocycles. The molecule has 5 nitrogen and oxygen atoms in total. The molecule has 2 amide bonds. The summed E-state index contributed by atoms with van der Waals surface area (Å²) in [7, 11) is 0.